The average molecular weight is 395 g/mol. The fourth-order valence-corrected chi connectivity index (χ4v) is 4.51. The first-order valence-electron chi connectivity index (χ1n) is 7.55. The fraction of sp³-hybridized carbons (Fsp3) is 0.294. The molecule has 0 saturated carbocycles. The van der Waals surface area contributed by atoms with Crippen LogP contribution in [0.5, 0.6) is 0 Å². The number of para-hydroxylation sites is 1. The second-order valence-electron chi connectivity index (χ2n) is 5.64. The molecule has 23 heavy (non-hydrogen) atoms. The zero-order valence-electron chi connectivity index (χ0n) is 12.9. The van der Waals surface area contributed by atoms with Gasteiger partial charge in [0.1, 0.15) is 0 Å². The van der Waals surface area contributed by atoms with Gasteiger partial charge in [-0.2, -0.15) is 4.31 Å². The molecule has 0 amide bonds. The minimum absolute atomic E-state index is 0.367. The smallest absolute Gasteiger partial charge is 0.243 e. The van der Waals surface area contributed by atoms with Gasteiger partial charge >= 0.3 is 0 Å². The van der Waals surface area contributed by atoms with Gasteiger partial charge in [0, 0.05) is 36.3 Å². The van der Waals surface area contributed by atoms with E-state index in [0.29, 0.717) is 31.1 Å². The number of aryl methyl sites for hydroxylation is 1. The molecule has 0 N–H and O–H groups in total. The highest BCUT2D eigenvalue weighted by atomic mass is 79.9. The first-order chi connectivity index (χ1) is 11.0. The van der Waals surface area contributed by atoms with Crippen LogP contribution in [0.2, 0.25) is 0 Å². The molecule has 0 spiro atoms. The summed E-state index contributed by atoms with van der Waals surface area (Å²) < 4.78 is 28.1. The zero-order valence-corrected chi connectivity index (χ0v) is 15.3. The Kier molecular flexibility index (Phi) is 4.75. The van der Waals surface area contributed by atoms with Crippen LogP contribution in [-0.2, 0) is 10.0 Å². The van der Waals surface area contributed by atoms with E-state index in [0.717, 1.165) is 15.7 Å². The van der Waals surface area contributed by atoms with E-state index in [-0.39, 0.29) is 0 Å². The Bertz CT molecular complexity index is 785. The molecule has 0 unspecified atom stereocenters. The average Bonchev–Trinajstić information content (AvgIpc) is 2.58. The van der Waals surface area contributed by atoms with Crippen LogP contribution < -0.4 is 4.90 Å². The van der Waals surface area contributed by atoms with Crippen molar-refractivity contribution in [3.63, 3.8) is 0 Å². The molecule has 2 aromatic rings. The van der Waals surface area contributed by atoms with Gasteiger partial charge in [-0.05, 0) is 42.8 Å². The summed E-state index contributed by atoms with van der Waals surface area (Å²) in [7, 11) is -3.42. The topological polar surface area (TPSA) is 40.6 Å². The van der Waals surface area contributed by atoms with E-state index in [1.165, 1.54) is 0 Å². The summed E-state index contributed by atoms with van der Waals surface area (Å²) >= 11 is 3.41. The third-order valence-corrected chi connectivity index (χ3v) is 6.91. The molecule has 1 fully saturated rings. The summed E-state index contributed by atoms with van der Waals surface area (Å²) in [5.41, 5.74) is 2.07. The van der Waals surface area contributed by atoms with Crippen molar-refractivity contribution in [2.75, 3.05) is 31.1 Å². The van der Waals surface area contributed by atoms with Gasteiger partial charge in [-0.15, -0.1) is 0 Å². The minimum Gasteiger partial charge on any atom is -0.369 e. The Labute approximate surface area is 145 Å². The predicted octanol–water partition coefficient (Wildman–Crippen LogP) is 3.27. The number of rotatable bonds is 3. The molecule has 1 aliphatic rings. The maximum atomic E-state index is 12.8. The molecule has 0 aromatic heterocycles. The van der Waals surface area contributed by atoms with Crippen molar-refractivity contribution >= 4 is 31.6 Å². The van der Waals surface area contributed by atoms with E-state index in [2.05, 4.69) is 33.0 Å². The number of piperazine rings is 1. The van der Waals surface area contributed by atoms with E-state index < -0.39 is 10.0 Å². The number of hydrogen-bond acceptors (Lipinski definition) is 3. The second-order valence-corrected chi connectivity index (χ2v) is 8.43. The molecule has 1 saturated heterocycles. The lowest BCUT2D eigenvalue weighted by Crippen LogP contribution is -2.48. The largest absolute Gasteiger partial charge is 0.369 e. The summed E-state index contributed by atoms with van der Waals surface area (Å²) in [6.07, 6.45) is 0. The summed E-state index contributed by atoms with van der Waals surface area (Å²) in [6, 6.07) is 15.3. The number of sulfonamides is 1. The Morgan fingerprint density at radius 1 is 0.957 bits per heavy atom. The number of anilines is 1. The Morgan fingerprint density at radius 2 is 1.61 bits per heavy atom. The molecule has 3 rings (SSSR count). The fourth-order valence-electron chi connectivity index (χ4n) is 2.75. The molecule has 122 valence electrons. The van der Waals surface area contributed by atoms with Crippen LogP contribution in [0, 0.1) is 6.92 Å². The van der Waals surface area contributed by atoms with Crippen molar-refractivity contribution in [2.24, 2.45) is 0 Å². The van der Waals surface area contributed by atoms with Gasteiger partial charge in [-0.1, -0.05) is 34.1 Å². The molecule has 1 aliphatic heterocycles. The van der Waals surface area contributed by atoms with E-state index in [9.17, 15) is 8.42 Å². The van der Waals surface area contributed by atoms with E-state index in [4.69, 9.17) is 0 Å². The van der Waals surface area contributed by atoms with Crippen molar-refractivity contribution in [1.82, 2.24) is 4.31 Å². The first-order valence-corrected chi connectivity index (χ1v) is 9.78. The Balaban J connectivity index is 1.75. The van der Waals surface area contributed by atoms with Gasteiger partial charge < -0.3 is 4.90 Å². The third kappa shape index (κ3) is 3.44. The lowest BCUT2D eigenvalue weighted by molar-refractivity contribution is 0.385. The van der Waals surface area contributed by atoms with E-state index in [1.807, 2.05) is 25.1 Å². The highest BCUT2D eigenvalue weighted by Crippen LogP contribution is 2.24. The molecule has 0 aliphatic carbocycles. The van der Waals surface area contributed by atoms with E-state index in [1.54, 1.807) is 22.5 Å². The van der Waals surface area contributed by atoms with Gasteiger partial charge in [0.15, 0.2) is 0 Å². The van der Waals surface area contributed by atoms with Crippen molar-refractivity contribution in [1.29, 1.82) is 0 Å². The molecule has 1 heterocycles. The molecule has 0 radical (unpaired) electrons. The quantitative estimate of drug-likeness (QED) is 0.801. The monoisotopic (exact) mass is 394 g/mol. The van der Waals surface area contributed by atoms with Gasteiger partial charge in [0.05, 0.1) is 4.90 Å². The van der Waals surface area contributed by atoms with Crippen LogP contribution in [0.3, 0.4) is 0 Å². The second kappa shape index (κ2) is 6.63. The van der Waals surface area contributed by atoms with Crippen molar-refractivity contribution in [2.45, 2.75) is 11.8 Å². The van der Waals surface area contributed by atoms with Gasteiger partial charge in [0.2, 0.25) is 10.0 Å². The SMILES string of the molecule is Cc1cc(S(=O)(=O)N2CCN(c3ccccc3)CC2)ccc1Br. The van der Waals surface area contributed by atoms with Gasteiger partial charge in [-0.3, -0.25) is 0 Å². The van der Waals surface area contributed by atoms with Gasteiger partial charge in [-0.25, -0.2) is 8.42 Å². The molecule has 0 atom stereocenters. The molecular weight excluding hydrogens is 376 g/mol. The van der Waals surface area contributed by atoms with Crippen molar-refractivity contribution < 1.29 is 8.42 Å². The van der Waals surface area contributed by atoms with Crippen LogP contribution in [0.25, 0.3) is 0 Å². The van der Waals surface area contributed by atoms with Crippen molar-refractivity contribution in [3.05, 3.63) is 58.6 Å². The van der Waals surface area contributed by atoms with Crippen LogP contribution in [0.4, 0.5) is 5.69 Å². The lowest BCUT2D eigenvalue weighted by atomic mass is 10.2. The number of hydrogen-bond donors (Lipinski definition) is 0. The maximum absolute atomic E-state index is 12.8. The summed E-state index contributed by atoms with van der Waals surface area (Å²) in [5.74, 6) is 0. The van der Waals surface area contributed by atoms with E-state index >= 15 is 0 Å². The summed E-state index contributed by atoms with van der Waals surface area (Å²) in [4.78, 5) is 2.59. The lowest BCUT2D eigenvalue weighted by Gasteiger charge is -2.35. The van der Waals surface area contributed by atoms with Crippen molar-refractivity contribution in [3.8, 4) is 0 Å². The minimum atomic E-state index is -3.42. The number of halogens is 1. The summed E-state index contributed by atoms with van der Waals surface area (Å²) in [6.45, 7) is 4.33. The Hall–Kier alpha value is -1.37. The molecule has 4 nitrogen and oxygen atoms in total. The van der Waals surface area contributed by atoms with Gasteiger partial charge in [0.25, 0.3) is 0 Å². The molecule has 2 aromatic carbocycles. The first kappa shape index (κ1) is 16.5. The molecular formula is C17H19BrN2O2S. The maximum Gasteiger partial charge on any atom is 0.243 e. The zero-order chi connectivity index (χ0) is 16.4. The number of nitrogens with zero attached hydrogens (tertiary/aromatic N) is 2. The molecule has 0 bridgehead atoms. The molecule has 6 heteroatoms. The predicted molar refractivity (Wildman–Crippen MR) is 96.3 cm³/mol. The van der Waals surface area contributed by atoms with Crippen LogP contribution in [0.15, 0.2) is 57.9 Å². The standard InChI is InChI=1S/C17H19BrN2O2S/c1-14-13-16(7-8-17(14)18)23(21,22)20-11-9-19(10-12-20)15-5-3-2-4-6-15/h2-8,13H,9-12H2,1H3. The van der Waals surface area contributed by atoms with Crippen LogP contribution in [0.1, 0.15) is 5.56 Å². The Morgan fingerprint density at radius 3 is 2.22 bits per heavy atom. The normalized spacial score (nSPS) is 16.5. The summed E-state index contributed by atoms with van der Waals surface area (Å²) in [5, 5.41) is 0. The highest BCUT2D eigenvalue weighted by Gasteiger charge is 2.28. The number of benzene rings is 2. The third-order valence-electron chi connectivity index (χ3n) is 4.13. The highest BCUT2D eigenvalue weighted by molar-refractivity contribution is 9.10. The van der Waals surface area contributed by atoms with Crippen LogP contribution >= 0.6 is 15.9 Å². The van der Waals surface area contributed by atoms with Crippen LogP contribution in [-0.4, -0.2) is 38.9 Å².